The second-order valence-corrected chi connectivity index (χ2v) is 5.97. The molecule has 3 N–H and O–H groups in total. The molecule has 1 fully saturated rings. The van der Waals surface area contributed by atoms with Gasteiger partial charge >= 0.3 is 0 Å². The van der Waals surface area contributed by atoms with Crippen LogP contribution >= 0.6 is 0 Å². The summed E-state index contributed by atoms with van der Waals surface area (Å²) < 4.78 is 0. The number of nitrogens with two attached hydrogens (primary N) is 1. The average Bonchev–Trinajstić information content (AvgIpc) is 3.00. The molecule has 0 unspecified atom stereocenters. The normalized spacial score (nSPS) is 16.9. The first-order valence-electron chi connectivity index (χ1n) is 8.03. The molecule has 1 atom stereocenters. The van der Waals surface area contributed by atoms with Gasteiger partial charge in [-0.25, -0.2) is 9.97 Å². The number of hydrogen-bond donors (Lipinski definition) is 2. The van der Waals surface area contributed by atoms with Crippen LogP contribution in [0, 0.1) is 6.92 Å². The molecule has 3 amide bonds. The van der Waals surface area contributed by atoms with Gasteiger partial charge in [0, 0.05) is 31.3 Å². The van der Waals surface area contributed by atoms with Gasteiger partial charge in [-0.05, 0) is 32.3 Å². The highest BCUT2D eigenvalue weighted by molar-refractivity contribution is 5.83. The smallest absolute Gasteiger partial charge is 0.236 e. The van der Waals surface area contributed by atoms with Crippen LogP contribution in [0.25, 0.3) is 0 Å². The van der Waals surface area contributed by atoms with Crippen LogP contribution in [-0.4, -0.2) is 45.7 Å². The van der Waals surface area contributed by atoms with E-state index in [2.05, 4.69) is 15.3 Å². The Hall–Kier alpha value is -2.51. The lowest BCUT2D eigenvalue weighted by Crippen LogP contribution is -2.33. The number of carbonyl (C=O) groups excluding carboxylic acids is 3. The summed E-state index contributed by atoms with van der Waals surface area (Å²) in [5.74, 6) is -0.169. The standard InChI is InChI=1S/C16H23N5O3/c1-10-8-12(5-6-15(24)18-9-14(17)23)20-16(19-10)13-4-3-7-21(13)11(2)22/h8,13H,3-7,9H2,1-2H3,(H2,17,23)(H,18,24)/t13-/m1/s1. The Morgan fingerprint density at radius 1 is 1.38 bits per heavy atom. The van der Waals surface area contributed by atoms with Crippen molar-refractivity contribution >= 4 is 17.7 Å². The first-order chi connectivity index (χ1) is 11.4. The fourth-order valence-corrected chi connectivity index (χ4v) is 2.86. The number of carbonyl (C=O) groups is 3. The number of aryl methyl sites for hydroxylation is 2. The minimum Gasteiger partial charge on any atom is -0.368 e. The van der Waals surface area contributed by atoms with Gasteiger partial charge in [-0.1, -0.05) is 0 Å². The van der Waals surface area contributed by atoms with Crippen LogP contribution < -0.4 is 11.1 Å². The van der Waals surface area contributed by atoms with E-state index in [1.807, 2.05) is 13.0 Å². The maximum Gasteiger partial charge on any atom is 0.236 e. The molecule has 8 nitrogen and oxygen atoms in total. The summed E-state index contributed by atoms with van der Waals surface area (Å²) in [6.45, 7) is 3.98. The fraction of sp³-hybridized carbons (Fsp3) is 0.562. The van der Waals surface area contributed by atoms with Crippen molar-refractivity contribution in [2.45, 2.75) is 45.6 Å². The molecule has 0 saturated carbocycles. The van der Waals surface area contributed by atoms with Crippen LogP contribution in [0.4, 0.5) is 0 Å². The molecule has 1 aromatic rings. The molecule has 0 aliphatic carbocycles. The average molecular weight is 333 g/mol. The van der Waals surface area contributed by atoms with Crippen molar-refractivity contribution in [3.05, 3.63) is 23.3 Å². The molecule has 1 aliphatic heterocycles. The number of nitrogens with one attached hydrogen (secondary N) is 1. The van der Waals surface area contributed by atoms with Crippen molar-refractivity contribution in [1.29, 1.82) is 0 Å². The van der Waals surface area contributed by atoms with Gasteiger partial charge in [0.05, 0.1) is 12.6 Å². The minimum absolute atomic E-state index is 0.0231. The second kappa shape index (κ2) is 7.85. The molecule has 0 spiro atoms. The van der Waals surface area contributed by atoms with Crippen LogP contribution in [0.1, 0.15) is 49.4 Å². The summed E-state index contributed by atoms with van der Waals surface area (Å²) in [7, 11) is 0. The number of aromatic nitrogens is 2. The van der Waals surface area contributed by atoms with E-state index in [-0.39, 0.29) is 30.8 Å². The molecule has 1 aromatic heterocycles. The van der Waals surface area contributed by atoms with Gasteiger partial charge in [0.25, 0.3) is 0 Å². The van der Waals surface area contributed by atoms with E-state index in [0.717, 1.165) is 30.8 Å². The minimum atomic E-state index is -0.575. The first kappa shape index (κ1) is 17.8. The SMILES string of the molecule is CC(=O)N1CCC[C@@H]1c1nc(C)cc(CCC(=O)NCC(N)=O)n1. The van der Waals surface area contributed by atoms with Gasteiger partial charge in [-0.3, -0.25) is 14.4 Å². The third-order valence-electron chi connectivity index (χ3n) is 3.95. The van der Waals surface area contributed by atoms with Gasteiger partial charge in [0.15, 0.2) is 5.82 Å². The van der Waals surface area contributed by atoms with Crippen molar-refractivity contribution in [1.82, 2.24) is 20.2 Å². The van der Waals surface area contributed by atoms with E-state index >= 15 is 0 Å². The molecular formula is C16H23N5O3. The van der Waals surface area contributed by atoms with Crippen molar-refractivity contribution < 1.29 is 14.4 Å². The number of nitrogens with zero attached hydrogens (tertiary/aromatic N) is 3. The molecule has 2 rings (SSSR count). The monoisotopic (exact) mass is 333 g/mol. The predicted molar refractivity (Wildman–Crippen MR) is 86.7 cm³/mol. The van der Waals surface area contributed by atoms with Crippen molar-refractivity contribution in [2.75, 3.05) is 13.1 Å². The summed E-state index contributed by atoms with van der Waals surface area (Å²) in [6.07, 6.45) is 2.44. The molecule has 1 aliphatic rings. The number of primary amides is 1. The number of rotatable bonds is 6. The molecule has 2 heterocycles. The highest BCUT2D eigenvalue weighted by Gasteiger charge is 2.30. The molecule has 130 valence electrons. The van der Waals surface area contributed by atoms with E-state index in [0.29, 0.717) is 12.2 Å². The zero-order valence-corrected chi connectivity index (χ0v) is 14.0. The maximum absolute atomic E-state index is 11.7. The predicted octanol–water partition coefficient (Wildman–Crippen LogP) is 0.00252. The van der Waals surface area contributed by atoms with Crippen LogP contribution in [-0.2, 0) is 20.8 Å². The molecule has 1 saturated heterocycles. The maximum atomic E-state index is 11.7. The Labute approximate surface area is 140 Å². The van der Waals surface area contributed by atoms with Crippen LogP contribution in [0.5, 0.6) is 0 Å². The Morgan fingerprint density at radius 2 is 2.12 bits per heavy atom. The molecule has 0 bridgehead atoms. The van der Waals surface area contributed by atoms with Crippen LogP contribution in [0.3, 0.4) is 0 Å². The Morgan fingerprint density at radius 3 is 2.79 bits per heavy atom. The zero-order valence-electron chi connectivity index (χ0n) is 14.0. The van der Waals surface area contributed by atoms with Crippen LogP contribution in [0.2, 0.25) is 0 Å². The number of likely N-dealkylation sites (tertiary alicyclic amines) is 1. The molecule has 24 heavy (non-hydrogen) atoms. The van der Waals surface area contributed by atoms with Crippen molar-refractivity contribution in [2.24, 2.45) is 5.73 Å². The summed E-state index contributed by atoms with van der Waals surface area (Å²) in [5.41, 5.74) is 6.55. The summed E-state index contributed by atoms with van der Waals surface area (Å²) in [6, 6.07) is 1.74. The van der Waals surface area contributed by atoms with E-state index < -0.39 is 5.91 Å². The highest BCUT2D eigenvalue weighted by atomic mass is 16.2. The molecular weight excluding hydrogens is 310 g/mol. The lowest BCUT2D eigenvalue weighted by Gasteiger charge is -2.22. The van der Waals surface area contributed by atoms with E-state index in [4.69, 9.17) is 5.73 Å². The Balaban J connectivity index is 2.04. The Kier molecular flexibility index (Phi) is 5.83. The van der Waals surface area contributed by atoms with Gasteiger partial charge < -0.3 is 16.0 Å². The second-order valence-electron chi connectivity index (χ2n) is 5.97. The summed E-state index contributed by atoms with van der Waals surface area (Å²) in [4.78, 5) is 44.8. The van der Waals surface area contributed by atoms with Crippen molar-refractivity contribution in [3.8, 4) is 0 Å². The van der Waals surface area contributed by atoms with Gasteiger partial charge in [0.2, 0.25) is 17.7 Å². The number of amides is 3. The van der Waals surface area contributed by atoms with Crippen molar-refractivity contribution in [3.63, 3.8) is 0 Å². The highest BCUT2D eigenvalue weighted by Crippen LogP contribution is 2.30. The van der Waals surface area contributed by atoms with E-state index in [1.165, 1.54) is 0 Å². The third kappa shape index (κ3) is 4.74. The molecule has 8 heteroatoms. The summed E-state index contributed by atoms with van der Waals surface area (Å²) in [5, 5.41) is 2.45. The molecule has 0 aromatic carbocycles. The van der Waals surface area contributed by atoms with Gasteiger partial charge in [0.1, 0.15) is 0 Å². The zero-order chi connectivity index (χ0) is 17.7. The van der Waals surface area contributed by atoms with Crippen LogP contribution in [0.15, 0.2) is 6.07 Å². The van der Waals surface area contributed by atoms with Gasteiger partial charge in [-0.15, -0.1) is 0 Å². The third-order valence-corrected chi connectivity index (χ3v) is 3.95. The number of hydrogen-bond acceptors (Lipinski definition) is 5. The fourth-order valence-electron chi connectivity index (χ4n) is 2.86. The summed E-state index contributed by atoms with van der Waals surface area (Å²) >= 11 is 0. The molecule has 0 radical (unpaired) electrons. The topological polar surface area (TPSA) is 118 Å². The lowest BCUT2D eigenvalue weighted by molar-refractivity contribution is -0.129. The van der Waals surface area contributed by atoms with E-state index in [9.17, 15) is 14.4 Å². The van der Waals surface area contributed by atoms with Gasteiger partial charge in [-0.2, -0.15) is 0 Å². The Bertz CT molecular complexity index is 647. The largest absolute Gasteiger partial charge is 0.368 e. The van der Waals surface area contributed by atoms with E-state index in [1.54, 1.807) is 11.8 Å². The lowest BCUT2D eigenvalue weighted by atomic mass is 10.1. The first-order valence-corrected chi connectivity index (χ1v) is 8.03. The quantitative estimate of drug-likeness (QED) is 0.760.